The van der Waals surface area contributed by atoms with Crippen LogP contribution in [0.5, 0.6) is 5.75 Å². The van der Waals surface area contributed by atoms with Gasteiger partial charge in [-0.3, -0.25) is 9.48 Å². The number of carboxylic acids is 1. The molecule has 42 heavy (non-hydrogen) atoms. The monoisotopic (exact) mass is 561 g/mol. The quantitative estimate of drug-likeness (QED) is 0.272. The Labute approximate surface area is 245 Å². The van der Waals surface area contributed by atoms with Gasteiger partial charge in [-0.1, -0.05) is 43.3 Å². The number of nitrogens with zero attached hydrogens (tertiary/aromatic N) is 3. The van der Waals surface area contributed by atoms with Gasteiger partial charge in [0.2, 0.25) is 5.91 Å². The highest BCUT2D eigenvalue weighted by Crippen LogP contribution is 2.62. The highest BCUT2D eigenvalue weighted by Gasteiger charge is 2.56. The van der Waals surface area contributed by atoms with E-state index in [-0.39, 0.29) is 23.3 Å². The lowest BCUT2D eigenvalue weighted by atomic mass is 9.92. The Morgan fingerprint density at radius 3 is 2.71 bits per heavy atom. The van der Waals surface area contributed by atoms with E-state index in [9.17, 15) is 14.7 Å². The number of aromatic carboxylic acids is 1. The van der Waals surface area contributed by atoms with Crippen LogP contribution in [0.25, 0.3) is 11.1 Å². The van der Waals surface area contributed by atoms with Crippen molar-refractivity contribution < 1.29 is 19.4 Å². The van der Waals surface area contributed by atoms with E-state index in [1.807, 2.05) is 46.2 Å². The van der Waals surface area contributed by atoms with E-state index in [0.29, 0.717) is 30.9 Å². The number of carbonyl (C=O) groups is 2. The number of hydrogen-bond donors (Lipinski definition) is 1. The van der Waals surface area contributed by atoms with Crippen molar-refractivity contribution in [3.63, 3.8) is 0 Å². The van der Waals surface area contributed by atoms with Gasteiger partial charge in [-0.2, -0.15) is 5.10 Å². The zero-order valence-corrected chi connectivity index (χ0v) is 24.2. The molecule has 7 rings (SSSR count). The number of hydrogen-bond acceptors (Lipinski definition) is 4. The minimum Gasteiger partial charge on any atom is -0.493 e. The van der Waals surface area contributed by atoms with Crippen molar-refractivity contribution in [2.45, 2.75) is 39.7 Å². The number of carboxylic acid groups (broad SMARTS) is 1. The van der Waals surface area contributed by atoms with Gasteiger partial charge in [-0.15, -0.1) is 0 Å². The first-order valence-corrected chi connectivity index (χ1v) is 14.8. The standard InChI is InChI=1S/C35H35N3O4/c1-20-7-4-12-31(21(20)2)42-19-25-14-28(25)34(39)38-18-29-22(3)32(29)33-27(10-6-11-30(33)38)26-15-36-37(17-26)16-23-8-5-9-24(13-23)35(40)41/h4-13,15,17,22,25,28-29,32H,14,16,18-19H2,1-3H3,(H,40,41). The van der Waals surface area contributed by atoms with Crippen LogP contribution in [0.15, 0.2) is 73.1 Å². The lowest BCUT2D eigenvalue weighted by molar-refractivity contribution is -0.120. The maximum Gasteiger partial charge on any atom is 0.335 e. The van der Waals surface area contributed by atoms with Gasteiger partial charge in [0.15, 0.2) is 0 Å². The van der Waals surface area contributed by atoms with Crippen LogP contribution in [0.3, 0.4) is 0 Å². The van der Waals surface area contributed by atoms with Gasteiger partial charge in [0, 0.05) is 35.8 Å². The van der Waals surface area contributed by atoms with Crippen molar-refractivity contribution in [3.8, 4) is 16.9 Å². The number of rotatable bonds is 8. The SMILES string of the molecule is Cc1cccc(OCC2CC2C(=O)N2CC3C(C)C3c3c(-c4cnn(Cc5cccc(C(=O)O)c5)c4)cccc32)c1C. The number of anilines is 1. The number of carbonyl (C=O) groups excluding carboxylic acids is 1. The van der Waals surface area contributed by atoms with E-state index in [1.165, 1.54) is 11.1 Å². The molecular formula is C35H35N3O4. The molecule has 2 fully saturated rings. The second kappa shape index (κ2) is 10.2. The summed E-state index contributed by atoms with van der Waals surface area (Å²) >= 11 is 0. The molecule has 1 N–H and O–H groups in total. The van der Waals surface area contributed by atoms with Gasteiger partial charge in [0.1, 0.15) is 5.75 Å². The summed E-state index contributed by atoms with van der Waals surface area (Å²) in [6, 6.07) is 19.4. The number of benzene rings is 3. The Hall–Kier alpha value is -4.39. The van der Waals surface area contributed by atoms with Crippen LogP contribution in [0.2, 0.25) is 0 Å². The Balaban J connectivity index is 1.10. The molecule has 3 aliphatic rings. The number of amides is 1. The summed E-state index contributed by atoms with van der Waals surface area (Å²) < 4.78 is 8.00. The first-order valence-electron chi connectivity index (χ1n) is 14.8. The van der Waals surface area contributed by atoms with Gasteiger partial charge in [-0.25, -0.2) is 4.79 Å². The first kappa shape index (κ1) is 26.5. The molecule has 1 amide bonds. The van der Waals surface area contributed by atoms with E-state index in [2.05, 4.69) is 44.1 Å². The van der Waals surface area contributed by atoms with Crippen LogP contribution in [-0.4, -0.2) is 39.9 Å². The Morgan fingerprint density at radius 2 is 1.88 bits per heavy atom. The predicted octanol–water partition coefficient (Wildman–Crippen LogP) is 6.32. The lowest BCUT2D eigenvalue weighted by Gasteiger charge is -2.31. The van der Waals surface area contributed by atoms with E-state index in [0.717, 1.165) is 46.7 Å². The highest BCUT2D eigenvalue weighted by molar-refractivity contribution is 5.99. The smallest absolute Gasteiger partial charge is 0.335 e. The molecular weight excluding hydrogens is 526 g/mol. The zero-order chi connectivity index (χ0) is 29.1. The Morgan fingerprint density at radius 1 is 1.07 bits per heavy atom. The van der Waals surface area contributed by atoms with Crippen molar-refractivity contribution >= 4 is 17.6 Å². The van der Waals surface area contributed by atoms with Gasteiger partial charge >= 0.3 is 5.97 Å². The molecule has 1 aliphatic heterocycles. The number of aryl methyl sites for hydroxylation is 1. The maximum atomic E-state index is 13.9. The fourth-order valence-electron chi connectivity index (χ4n) is 6.80. The summed E-state index contributed by atoms with van der Waals surface area (Å²) in [5.41, 5.74) is 7.95. The van der Waals surface area contributed by atoms with Gasteiger partial charge in [-0.05, 0) is 90.1 Å². The molecule has 0 saturated heterocycles. The predicted molar refractivity (Wildman–Crippen MR) is 161 cm³/mol. The minimum atomic E-state index is -0.937. The van der Waals surface area contributed by atoms with Crippen LogP contribution in [0.4, 0.5) is 5.69 Å². The molecule has 7 heteroatoms. The van der Waals surface area contributed by atoms with Crippen molar-refractivity contribution in [2.24, 2.45) is 23.7 Å². The Bertz CT molecular complexity index is 1710. The molecule has 1 aromatic heterocycles. The van der Waals surface area contributed by atoms with Gasteiger partial charge in [0.25, 0.3) is 0 Å². The second-order valence-corrected chi connectivity index (χ2v) is 12.3. The summed E-state index contributed by atoms with van der Waals surface area (Å²) in [7, 11) is 0. The molecule has 3 aromatic carbocycles. The van der Waals surface area contributed by atoms with Crippen molar-refractivity contribution in [2.75, 3.05) is 18.1 Å². The number of aromatic nitrogens is 2. The largest absolute Gasteiger partial charge is 0.493 e. The molecule has 2 saturated carbocycles. The molecule has 214 valence electrons. The third-order valence-electron chi connectivity index (χ3n) is 9.64. The zero-order valence-electron chi connectivity index (χ0n) is 24.2. The van der Waals surface area contributed by atoms with Crippen molar-refractivity contribution in [1.29, 1.82) is 0 Å². The van der Waals surface area contributed by atoms with E-state index >= 15 is 0 Å². The normalized spacial score (nSPS) is 23.6. The Kier molecular flexibility index (Phi) is 6.41. The fraction of sp³-hybridized carbons (Fsp3) is 0.343. The van der Waals surface area contributed by atoms with Gasteiger partial charge in [0.05, 0.1) is 24.9 Å². The average molecular weight is 562 g/mol. The second-order valence-electron chi connectivity index (χ2n) is 12.3. The molecule has 7 nitrogen and oxygen atoms in total. The van der Waals surface area contributed by atoms with Crippen LogP contribution in [0.1, 0.15) is 51.9 Å². The molecule has 2 heterocycles. The molecule has 5 unspecified atom stereocenters. The summed E-state index contributed by atoms with van der Waals surface area (Å²) in [5, 5.41) is 13.9. The molecule has 4 aromatic rings. The first-order chi connectivity index (χ1) is 20.3. The van der Waals surface area contributed by atoms with Crippen molar-refractivity contribution in [3.05, 3.63) is 101 Å². The van der Waals surface area contributed by atoms with Crippen LogP contribution in [0, 0.1) is 37.5 Å². The minimum absolute atomic E-state index is 0.00143. The van der Waals surface area contributed by atoms with Crippen LogP contribution < -0.4 is 9.64 Å². The van der Waals surface area contributed by atoms with Crippen LogP contribution >= 0.6 is 0 Å². The third kappa shape index (κ3) is 4.67. The molecule has 0 spiro atoms. The number of fused-ring (bicyclic) bond motifs is 3. The van der Waals surface area contributed by atoms with E-state index in [1.54, 1.807) is 18.2 Å². The maximum absolute atomic E-state index is 13.9. The molecule has 0 bridgehead atoms. The van der Waals surface area contributed by atoms with Gasteiger partial charge < -0.3 is 14.7 Å². The van der Waals surface area contributed by atoms with Crippen molar-refractivity contribution in [1.82, 2.24) is 9.78 Å². The van der Waals surface area contributed by atoms with Crippen LogP contribution in [-0.2, 0) is 11.3 Å². The van der Waals surface area contributed by atoms with E-state index in [4.69, 9.17) is 4.74 Å². The summed E-state index contributed by atoms with van der Waals surface area (Å²) in [4.78, 5) is 27.3. The van der Waals surface area contributed by atoms with E-state index < -0.39 is 5.97 Å². The fourth-order valence-corrected chi connectivity index (χ4v) is 6.80. The number of ether oxygens (including phenoxy) is 1. The lowest BCUT2D eigenvalue weighted by Crippen LogP contribution is -2.37. The highest BCUT2D eigenvalue weighted by atomic mass is 16.5. The summed E-state index contributed by atoms with van der Waals surface area (Å²) in [6.45, 7) is 8.29. The summed E-state index contributed by atoms with van der Waals surface area (Å²) in [5.74, 6) is 1.88. The third-order valence-corrected chi connectivity index (χ3v) is 9.64. The average Bonchev–Trinajstić information content (AvgIpc) is 3.85. The topological polar surface area (TPSA) is 84.7 Å². The summed E-state index contributed by atoms with van der Waals surface area (Å²) in [6.07, 6.45) is 4.77. The molecule has 0 radical (unpaired) electrons. The molecule has 5 atom stereocenters. The molecule has 2 aliphatic carbocycles.